The summed E-state index contributed by atoms with van der Waals surface area (Å²) in [6.45, 7) is 2.81. The van der Waals surface area contributed by atoms with Crippen LogP contribution in [-0.4, -0.2) is 42.2 Å². The molecule has 0 bridgehead atoms. The SMILES string of the molecule is CCCNc1nc(Cl)nc(NCCS(N)(=O)=O)n1. The van der Waals surface area contributed by atoms with Crippen molar-refractivity contribution in [2.45, 2.75) is 13.3 Å². The van der Waals surface area contributed by atoms with Gasteiger partial charge in [0.25, 0.3) is 0 Å². The lowest BCUT2D eigenvalue weighted by atomic mass is 10.5. The van der Waals surface area contributed by atoms with Crippen LogP contribution in [-0.2, 0) is 10.0 Å². The van der Waals surface area contributed by atoms with E-state index in [1.165, 1.54) is 0 Å². The summed E-state index contributed by atoms with van der Waals surface area (Å²) in [5, 5.41) is 10.6. The predicted octanol–water partition coefficient (Wildman–Crippen LogP) is 0.0473. The average Bonchev–Trinajstić information content (AvgIpc) is 2.24. The molecule has 102 valence electrons. The van der Waals surface area contributed by atoms with Crippen LogP contribution < -0.4 is 15.8 Å². The van der Waals surface area contributed by atoms with Crippen LogP contribution in [0, 0.1) is 0 Å². The number of nitrogens with two attached hydrogens (primary N) is 1. The number of hydrogen-bond acceptors (Lipinski definition) is 7. The van der Waals surface area contributed by atoms with Crippen LogP contribution in [0.1, 0.15) is 13.3 Å². The van der Waals surface area contributed by atoms with Crippen LogP contribution in [0.4, 0.5) is 11.9 Å². The minimum Gasteiger partial charge on any atom is -0.354 e. The van der Waals surface area contributed by atoms with Crippen molar-refractivity contribution in [3.63, 3.8) is 0 Å². The summed E-state index contributed by atoms with van der Waals surface area (Å²) >= 11 is 5.71. The highest BCUT2D eigenvalue weighted by Crippen LogP contribution is 2.09. The minimum atomic E-state index is -3.51. The Kier molecular flexibility index (Phi) is 5.51. The first-order valence-corrected chi connectivity index (χ1v) is 7.40. The molecule has 18 heavy (non-hydrogen) atoms. The van der Waals surface area contributed by atoms with Crippen LogP contribution >= 0.6 is 11.6 Å². The Bertz CT molecular complexity index is 494. The second-order valence-electron chi connectivity index (χ2n) is 3.47. The van der Waals surface area contributed by atoms with E-state index in [1.807, 2.05) is 6.92 Å². The molecule has 0 radical (unpaired) electrons. The molecule has 1 heterocycles. The van der Waals surface area contributed by atoms with E-state index < -0.39 is 10.0 Å². The zero-order valence-electron chi connectivity index (χ0n) is 9.85. The van der Waals surface area contributed by atoms with Crippen molar-refractivity contribution in [1.82, 2.24) is 15.0 Å². The van der Waals surface area contributed by atoms with Gasteiger partial charge in [-0.25, -0.2) is 13.6 Å². The lowest BCUT2D eigenvalue weighted by molar-refractivity contribution is 0.598. The Morgan fingerprint density at radius 1 is 1.17 bits per heavy atom. The van der Waals surface area contributed by atoms with E-state index in [1.54, 1.807) is 0 Å². The van der Waals surface area contributed by atoms with Gasteiger partial charge in [-0.1, -0.05) is 6.92 Å². The summed E-state index contributed by atoms with van der Waals surface area (Å²) in [7, 11) is -3.51. The highest BCUT2D eigenvalue weighted by molar-refractivity contribution is 7.89. The van der Waals surface area contributed by atoms with Gasteiger partial charge >= 0.3 is 0 Å². The maximum Gasteiger partial charge on any atom is 0.228 e. The van der Waals surface area contributed by atoms with Crippen molar-refractivity contribution >= 4 is 33.5 Å². The van der Waals surface area contributed by atoms with E-state index in [-0.39, 0.29) is 23.5 Å². The molecule has 0 aliphatic heterocycles. The van der Waals surface area contributed by atoms with Gasteiger partial charge in [-0.2, -0.15) is 15.0 Å². The molecule has 0 amide bonds. The third kappa shape index (κ3) is 5.94. The molecule has 1 aromatic heterocycles. The second kappa shape index (κ2) is 6.66. The molecule has 4 N–H and O–H groups in total. The Morgan fingerprint density at radius 3 is 2.22 bits per heavy atom. The molecule has 0 saturated heterocycles. The number of halogens is 1. The van der Waals surface area contributed by atoms with Crippen LogP contribution in [0.25, 0.3) is 0 Å². The summed E-state index contributed by atoms with van der Waals surface area (Å²) in [5.74, 6) is 0.334. The van der Waals surface area contributed by atoms with Gasteiger partial charge in [-0.05, 0) is 18.0 Å². The Hall–Kier alpha value is -1.19. The van der Waals surface area contributed by atoms with Gasteiger partial charge in [0.05, 0.1) is 5.75 Å². The Labute approximate surface area is 110 Å². The van der Waals surface area contributed by atoms with Crippen molar-refractivity contribution in [3.8, 4) is 0 Å². The second-order valence-corrected chi connectivity index (χ2v) is 5.54. The number of sulfonamides is 1. The predicted molar refractivity (Wildman–Crippen MR) is 70.1 cm³/mol. The largest absolute Gasteiger partial charge is 0.354 e. The van der Waals surface area contributed by atoms with Crippen molar-refractivity contribution in [3.05, 3.63) is 5.28 Å². The van der Waals surface area contributed by atoms with Crippen molar-refractivity contribution in [2.75, 3.05) is 29.5 Å². The summed E-state index contributed by atoms with van der Waals surface area (Å²) in [6.07, 6.45) is 0.914. The third-order valence-corrected chi connectivity index (χ3v) is 2.75. The van der Waals surface area contributed by atoms with Crippen molar-refractivity contribution in [1.29, 1.82) is 0 Å². The summed E-state index contributed by atoms with van der Waals surface area (Å²) < 4.78 is 21.5. The normalized spacial score (nSPS) is 11.3. The molecular weight excluding hydrogens is 280 g/mol. The molecule has 1 aromatic rings. The molecule has 0 fully saturated rings. The molecule has 0 atom stereocenters. The maximum atomic E-state index is 10.7. The third-order valence-electron chi connectivity index (χ3n) is 1.81. The first-order valence-electron chi connectivity index (χ1n) is 5.30. The smallest absolute Gasteiger partial charge is 0.228 e. The van der Waals surface area contributed by atoms with E-state index in [4.69, 9.17) is 16.7 Å². The van der Waals surface area contributed by atoms with Gasteiger partial charge in [0.2, 0.25) is 27.2 Å². The van der Waals surface area contributed by atoms with E-state index in [0.717, 1.165) is 6.42 Å². The monoisotopic (exact) mass is 294 g/mol. The lowest BCUT2D eigenvalue weighted by Crippen LogP contribution is -2.23. The first kappa shape index (κ1) is 14.9. The molecule has 1 rings (SSSR count). The Balaban J connectivity index is 2.62. The zero-order valence-corrected chi connectivity index (χ0v) is 11.4. The van der Waals surface area contributed by atoms with Gasteiger partial charge in [0, 0.05) is 13.1 Å². The molecule has 10 heteroatoms. The van der Waals surface area contributed by atoms with Gasteiger partial charge in [0.15, 0.2) is 0 Å². The molecule has 0 aromatic carbocycles. The van der Waals surface area contributed by atoms with Gasteiger partial charge in [-0.3, -0.25) is 0 Å². The number of hydrogen-bond donors (Lipinski definition) is 3. The molecule has 0 spiro atoms. The van der Waals surface area contributed by atoms with E-state index in [0.29, 0.717) is 12.5 Å². The van der Waals surface area contributed by atoms with Crippen LogP contribution in [0.15, 0.2) is 0 Å². The molecule has 0 saturated carbocycles. The van der Waals surface area contributed by atoms with Gasteiger partial charge in [-0.15, -0.1) is 0 Å². The minimum absolute atomic E-state index is 0.0294. The summed E-state index contributed by atoms with van der Waals surface area (Å²) in [4.78, 5) is 11.7. The lowest BCUT2D eigenvalue weighted by Gasteiger charge is -2.07. The maximum absolute atomic E-state index is 10.7. The van der Waals surface area contributed by atoms with Crippen molar-refractivity contribution in [2.24, 2.45) is 5.14 Å². The van der Waals surface area contributed by atoms with E-state index >= 15 is 0 Å². The van der Waals surface area contributed by atoms with E-state index in [9.17, 15) is 8.42 Å². The average molecular weight is 295 g/mol. The fourth-order valence-electron chi connectivity index (χ4n) is 1.05. The standard InChI is InChI=1S/C8H15ClN6O2S/c1-2-3-11-7-13-6(9)14-8(15-7)12-4-5-18(10,16)17/h2-5H2,1H3,(H2,10,16,17)(H2,11,12,13,14,15). The Morgan fingerprint density at radius 2 is 1.72 bits per heavy atom. The summed E-state index contributed by atoms with van der Waals surface area (Å²) in [5.41, 5.74) is 0. The number of nitrogens with one attached hydrogen (secondary N) is 2. The van der Waals surface area contributed by atoms with Crippen LogP contribution in [0.5, 0.6) is 0 Å². The zero-order chi connectivity index (χ0) is 13.6. The number of primary sulfonamides is 1. The fraction of sp³-hybridized carbons (Fsp3) is 0.625. The number of anilines is 2. The highest BCUT2D eigenvalue weighted by Gasteiger charge is 2.06. The topological polar surface area (TPSA) is 123 Å². The number of rotatable bonds is 7. The number of aromatic nitrogens is 3. The van der Waals surface area contributed by atoms with Crippen LogP contribution in [0.2, 0.25) is 5.28 Å². The van der Waals surface area contributed by atoms with Gasteiger partial charge in [0.1, 0.15) is 0 Å². The van der Waals surface area contributed by atoms with Gasteiger partial charge < -0.3 is 10.6 Å². The van der Waals surface area contributed by atoms with E-state index in [2.05, 4.69) is 25.6 Å². The number of nitrogens with zero attached hydrogens (tertiary/aromatic N) is 3. The van der Waals surface area contributed by atoms with Crippen molar-refractivity contribution < 1.29 is 8.42 Å². The first-order chi connectivity index (χ1) is 8.40. The fourth-order valence-corrected chi connectivity index (χ4v) is 1.60. The quantitative estimate of drug-likeness (QED) is 0.649. The molecule has 8 nitrogen and oxygen atoms in total. The van der Waals surface area contributed by atoms with Crippen LogP contribution in [0.3, 0.4) is 0 Å². The molecule has 0 aliphatic rings. The molecule has 0 aliphatic carbocycles. The molecule has 0 unspecified atom stereocenters. The highest BCUT2D eigenvalue weighted by atomic mass is 35.5. The summed E-state index contributed by atoms with van der Waals surface area (Å²) in [6, 6.07) is 0. The molecular formula is C8H15ClN6O2S.